The number of benzene rings is 2. The van der Waals surface area contributed by atoms with Crippen molar-refractivity contribution < 1.29 is 26.7 Å². The van der Waals surface area contributed by atoms with Crippen molar-refractivity contribution in [2.24, 2.45) is 0 Å². The Balaban J connectivity index is 2.00. The SMILES string of the molecule is COCOc1ccc(S(=O)(=O)Cc2ccc(CC[Si](C)(OC)OC)cc2)cc1. The molecule has 0 saturated heterocycles. The fourth-order valence-corrected chi connectivity index (χ4v) is 5.30. The standard InChI is InChI=1S/C20H28O6SSi/c1-23-16-26-19-9-11-20(12-10-19)27(21,22)15-18-7-5-17(6-8-18)13-14-28(4,24-2)25-3/h5-12H,13-16H2,1-4H3. The van der Waals surface area contributed by atoms with Gasteiger partial charge in [0, 0.05) is 21.3 Å². The molecule has 28 heavy (non-hydrogen) atoms. The van der Waals surface area contributed by atoms with E-state index in [-0.39, 0.29) is 17.4 Å². The molecule has 6 nitrogen and oxygen atoms in total. The predicted octanol–water partition coefficient (Wildman–Crippen LogP) is 3.55. The van der Waals surface area contributed by atoms with Crippen molar-refractivity contribution >= 4 is 18.4 Å². The maximum atomic E-state index is 12.7. The van der Waals surface area contributed by atoms with Gasteiger partial charge in [0.05, 0.1) is 10.6 Å². The van der Waals surface area contributed by atoms with Crippen LogP contribution in [0, 0.1) is 0 Å². The Morgan fingerprint density at radius 2 is 1.43 bits per heavy atom. The van der Waals surface area contributed by atoms with E-state index in [1.807, 2.05) is 30.8 Å². The lowest BCUT2D eigenvalue weighted by atomic mass is 10.1. The van der Waals surface area contributed by atoms with Crippen molar-refractivity contribution in [1.82, 2.24) is 0 Å². The molecule has 0 aliphatic rings. The highest BCUT2D eigenvalue weighted by Gasteiger charge is 2.28. The molecule has 2 aromatic rings. The largest absolute Gasteiger partial charge is 0.468 e. The van der Waals surface area contributed by atoms with Crippen LogP contribution in [0.1, 0.15) is 11.1 Å². The number of hydrogen-bond acceptors (Lipinski definition) is 6. The molecule has 0 aliphatic heterocycles. The summed E-state index contributed by atoms with van der Waals surface area (Å²) in [7, 11) is -0.642. The van der Waals surface area contributed by atoms with Crippen molar-refractivity contribution in [2.45, 2.75) is 29.7 Å². The molecule has 0 radical (unpaired) electrons. The number of sulfone groups is 1. The molecule has 0 atom stereocenters. The monoisotopic (exact) mass is 424 g/mol. The molecule has 0 aliphatic carbocycles. The Morgan fingerprint density at radius 3 is 1.96 bits per heavy atom. The van der Waals surface area contributed by atoms with Crippen LogP contribution in [0.25, 0.3) is 0 Å². The van der Waals surface area contributed by atoms with Crippen LogP contribution in [-0.2, 0) is 35.6 Å². The second-order valence-electron chi connectivity index (χ2n) is 6.64. The zero-order valence-corrected chi connectivity index (χ0v) is 18.6. The topological polar surface area (TPSA) is 71.1 Å². The molecule has 0 fully saturated rings. The first kappa shape index (κ1) is 22.6. The highest BCUT2D eigenvalue weighted by Crippen LogP contribution is 2.21. The summed E-state index contributed by atoms with van der Waals surface area (Å²) in [5.74, 6) is 0.515. The normalized spacial score (nSPS) is 12.1. The summed E-state index contributed by atoms with van der Waals surface area (Å²) < 4.78 is 46.4. The van der Waals surface area contributed by atoms with Crippen LogP contribution in [0.3, 0.4) is 0 Å². The van der Waals surface area contributed by atoms with Gasteiger partial charge in [0.2, 0.25) is 0 Å². The number of rotatable bonds is 11. The molecular formula is C20H28O6SSi. The van der Waals surface area contributed by atoms with Gasteiger partial charge in [-0.1, -0.05) is 24.3 Å². The summed E-state index contributed by atoms with van der Waals surface area (Å²) in [6.45, 7) is 2.15. The van der Waals surface area contributed by atoms with Gasteiger partial charge in [-0.15, -0.1) is 0 Å². The summed E-state index contributed by atoms with van der Waals surface area (Å²) in [5.41, 5.74) is 1.88. The number of methoxy groups -OCH3 is 1. The Hall–Kier alpha value is -1.71. The lowest BCUT2D eigenvalue weighted by molar-refractivity contribution is 0.0511. The maximum absolute atomic E-state index is 12.7. The zero-order valence-electron chi connectivity index (χ0n) is 16.8. The smallest absolute Gasteiger partial charge is 0.334 e. The minimum absolute atomic E-state index is 0.0475. The van der Waals surface area contributed by atoms with Gasteiger partial charge in [0.25, 0.3) is 0 Å². The van der Waals surface area contributed by atoms with E-state index >= 15 is 0 Å². The van der Waals surface area contributed by atoms with Gasteiger partial charge >= 0.3 is 8.56 Å². The summed E-state index contributed by atoms with van der Waals surface area (Å²) in [4.78, 5) is 0.267. The molecule has 2 aromatic carbocycles. The zero-order chi connectivity index (χ0) is 20.6. The predicted molar refractivity (Wildman–Crippen MR) is 110 cm³/mol. The second kappa shape index (κ2) is 10.2. The van der Waals surface area contributed by atoms with Crippen molar-refractivity contribution in [1.29, 1.82) is 0 Å². The third-order valence-electron chi connectivity index (χ3n) is 4.64. The van der Waals surface area contributed by atoms with E-state index in [4.69, 9.17) is 18.3 Å². The highest BCUT2D eigenvalue weighted by atomic mass is 32.2. The van der Waals surface area contributed by atoms with Gasteiger partial charge in [-0.05, 0) is 54.4 Å². The van der Waals surface area contributed by atoms with Gasteiger partial charge in [-0.25, -0.2) is 8.42 Å². The fourth-order valence-electron chi connectivity index (χ4n) is 2.63. The lowest BCUT2D eigenvalue weighted by Gasteiger charge is -2.22. The van der Waals surface area contributed by atoms with Gasteiger partial charge in [0.1, 0.15) is 5.75 Å². The summed E-state index contributed by atoms with van der Waals surface area (Å²) in [6.07, 6.45) is 0.834. The van der Waals surface area contributed by atoms with Gasteiger partial charge in [-0.2, -0.15) is 0 Å². The van der Waals surface area contributed by atoms with E-state index in [1.54, 1.807) is 38.5 Å². The molecule has 154 valence electrons. The van der Waals surface area contributed by atoms with E-state index < -0.39 is 18.4 Å². The van der Waals surface area contributed by atoms with Crippen LogP contribution in [0.5, 0.6) is 5.75 Å². The van der Waals surface area contributed by atoms with E-state index in [1.165, 1.54) is 7.11 Å². The van der Waals surface area contributed by atoms with Crippen molar-refractivity contribution in [3.05, 3.63) is 59.7 Å². The van der Waals surface area contributed by atoms with Crippen LogP contribution in [0.4, 0.5) is 0 Å². The van der Waals surface area contributed by atoms with Crippen molar-refractivity contribution in [3.63, 3.8) is 0 Å². The number of hydrogen-bond donors (Lipinski definition) is 0. The van der Waals surface area contributed by atoms with E-state index in [0.717, 1.165) is 23.6 Å². The van der Waals surface area contributed by atoms with Gasteiger partial charge in [-0.3, -0.25) is 0 Å². The van der Waals surface area contributed by atoms with Gasteiger partial charge < -0.3 is 18.3 Å². The third kappa shape index (κ3) is 6.42. The summed E-state index contributed by atoms with van der Waals surface area (Å²) >= 11 is 0. The molecular weight excluding hydrogens is 396 g/mol. The molecule has 0 amide bonds. The average Bonchev–Trinajstić information content (AvgIpc) is 2.71. The summed E-state index contributed by atoms with van der Waals surface area (Å²) in [6, 6.07) is 14.9. The lowest BCUT2D eigenvalue weighted by Crippen LogP contribution is -2.36. The minimum atomic E-state index is -3.43. The molecule has 0 unspecified atom stereocenters. The van der Waals surface area contributed by atoms with Crippen LogP contribution in [0.15, 0.2) is 53.4 Å². The number of aryl methyl sites for hydroxylation is 1. The van der Waals surface area contributed by atoms with E-state index in [0.29, 0.717) is 5.75 Å². The quantitative estimate of drug-likeness (QED) is 0.406. The Bertz CT molecular complexity index is 830. The van der Waals surface area contributed by atoms with Crippen molar-refractivity contribution in [3.8, 4) is 5.75 Å². The summed E-state index contributed by atoms with van der Waals surface area (Å²) in [5, 5.41) is 0. The van der Waals surface area contributed by atoms with Crippen LogP contribution in [-0.4, -0.2) is 45.1 Å². The Labute approximate surface area is 168 Å². The highest BCUT2D eigenvalue weighted by molar-refractivity contribution is 7.90. The molecule has 0 N–H and O–H groups in total. The third-order valence-corrected chi connectivity index (χ3v) is 9.23. The Kier molecular flexibility index (Phi) is 8.20. The molecule has 0 spiro atoms. The van der Waals surface area contributed by atoms with Gasteiger partial charge in [0.15, 0.2) is 16.6 Å². The molecule has 8 heteroatoms. The van der Waals surface area contributed by atoms with Crippen LogP contribution < -0.4 is 4.74 Å². The first-order valence-corrected chi connectivity index (χ1v) is 13.1. The van der Waals surface area contributed by atoms with E-state index in [9.17, 15) is 8.42 Å². The average molecular weight is 425 g/mol. The van der Waals surface area contributed by atoms with Crippen molar-refractivity contribution in [2.75, 3.05) is 28.1 Å². The molecule has 0 bridgehead atoms. The number of ether oxygens (including phenoxy) is 2. The van der Waals surface area contributed by atoms with E-state index in [2.05, 4.69) is 0 Å². The minimum Gasteiger partial charge on any atom is -0.468 e. The molecule has 0 aromatic heterocycles. The molecule has 0 saturated carbocycles. The molecule has 2 rings (SSSR count). The first-order chi connectivity index (χ1) is 13.3. The molecule has 0 heterocycles. The van der Waals surface area contributed by atoms with Crippen LogP contribution >= 0.6 is 0 Å². The van der Waals surface area contributed by atoms with Crippen LogP contribution in [0.2, 0.25) is 12.6 Å². The Morgan fingerprint density at radius 1 is 0.857 bits per heavy atom. The maximum Gasteiger partial charge on any atom is 0.334 e. The second-order valence-corrected chi connectivity index (χ2v) is 12.2. The first-order valence-electron chi connectivity index (χ1n) is 8.94. The fraction of sp³-hybridized carbons (Fsp3) is 0.400.